The van der Waals surface area contributed by atoms with Gasteiger partial charge in [0.2, 0.25) is 0 Å². The third-order valence-electron chi connectivity index (χ3n) is 3.06. The zero-order chi connectivity index (χ0) is 17.0. The molecule has 2 rings (SSSR count). The van der Waals surface area contributed by atoms with Crippen LogP contribution in [0, 0.1) is 0 Å². The summed E-state index contributed by atoms with van der Waals surface area (Å²) in [6, 6.07) is 10.7. The number of hydrogen-bond donors (Lipinski definition) is 2. The number of carbonyl (C=O) groups is 1. The van der Waals surface area contributed by atoms with Crippen molar-refractivity contribution in [1.82, 2.24) is 5.32 Å². The van der Waals surface area contributed by atoms with E-state index in [1.165, 1.54) is 38.4 Å². The van der Waals surface area contributed by atoms with Gasteiger partial charge in [-0.2, -0.15) is 0 Å². The lowest BCUT2D eigenvalue weighted by Crippen LogP contribution is -2.19. The van der Waals surface area contributed by atoms with Gasteiger partial charge in [0.25, 0.3) is 15.9 Å². The molecule has 0 aromatic heterocycles. The van der Waals surface area contributed by atoms with Crippen LogP contribution in [0.2, 0.25) is 0 Å². The van der Waals surface area contributed by atoms with Gasteiger partial charge in [-0.15, -0.1) is 0 Å². The van der Waals surface area contributed by atoms with E-state index >= 15 is 0 Å². The summed E-state index contributed by atoms with van der Waals surface area (Å²) in [6.07, 6.45) is 0. The standard InChI is InChI=1S/C15H15BrN2O4S/c1-17-15(19)10-3-8-14(22-2)13(9-10)18-23(20,21)12-6-4-11(16)5-7-12/h3-9,18H,1-2H3,(H,17,19). The maximum atomic E-state index is 12.4. The zero-order valence-electron chi connectivity index (χ0n) is 12.5. The average Bonchev–Trinajstić information content (AvgIpc) is 2.54. The van der Waals surface area contributed by atoms with E-state index < -0.39 is 10.0 Å². The van der Waals surface area contributed by atoms with E-state index in [0.29, 0.717) is 11.3 Å². The van der Waals surface area contributed by atoms with Crippen molar-refractivity contribution in [2.75, 3.05) is 18.9 Å². The molecule has 0 bridgehead atoms. The van der Waals surface area contributed by atoms with Crippen LogP contribution in [0.3, 0.4) is 0 Å². The summed E-state index contributed by atoms with van der Waals surface area (Å²) in [7, 11) is -0.873. The summed E-state index contributed by atoms with van der Waals surface area (Å²) in [5.74, 6) is -0.00455. The third kappa shape index (κ3) is 4.02. The number of amides is 1. The molecule has 0 spiro atoms. The summed E-state index contributed by atoms with van der Waals surface area (Å²) >= 11 is 3.26. The van der Waals surface area contributed by atoms with Crippen molar-refractivity contribution in [2.45, 2.75) is 4.90 Å². The predicted octanol–water partition coefficient (Wildman–Crippen LogP) is 2.62. The van der Waals surface area contributed by atoms with Gasteiger partial charge in [-0.25, -0.2) is 8.42 Å². The molecule has 0 aliphatic heterocycles. The first-order chi connectivity index (χ1) is 10.9. The molecule has 6 nitrogen and oxygen atoms in total. The second-order valence-corrected chi connectivity index (χ2v) is 7.15. The number of benzene rings is 2. The van der Waals surface area contributed by atoms with Crippen molar-refractivity contribution >= 4 is 37.5 Å². The fraction of sp³-hybridized carbons (Fsp3) is 0.133. The largest absolute Gasteiger partial charge is 0.495 e. The normalized spacial score (nSPS) is 10.9. The predicted molar refractivity (Wildman–Crippen MR) is 91.3 cm³/mol. The molecule has 23 heavy (non-hydrogen) atoms. The van der Waals surface area contributed by atoms with Crippen molar-refractivity contribution in [2.24, 2.45) is 0 Å². The quantitative estimate of drug-likeness (QED) is 0.810. The topological polar surface area (TPSA) is 84.5 Å². The van der Waals surface area contributed by atoms with Crippen LogP contribution < -0.4 is 14.8 Å². The number of anilines is 1. The molecule has 2 aromatic rings. The summed E-state index contributed by atoms with van der Waals surface area (Å²) in [5.41, 5.74) is 0.512. The van der Waals surface area contributed by atoms with Gasteiger partial charge in [-0.05, 0) is 42.5 Å². The van der Waals surface area contributed by atoms with Crippen LogP contribution in [0.25, 0.3) is 0 Å². The van der Waals surface area contributed by atoms with Gasteiger partial charge >= 0.3 is 0 Å². The minimum absolute atomic E-state index is 0.105. The van der Waals surface area contributed by atoms with Gasteiger partial charge in [-0.1, -0.05) is 15.9 Å². The number of halogens is 1. The lowest BCUT2D eigenvalue weighted by molar-refractivity contribution is 0.0963. The highest BCUT2D eigenvalue weighted by molar-refractivity contribution is 9.10. The lowest BCUT2D eigenvalue weighted by Gasteiger charge is -2.13. The first kappa shape index (κ1) is 17.3. The second-order valence-electron chi connectivity index (χ2n) is 4.55. The van der Waals surface area contributed by atoms with Crippen LogP contribution in [0.4, 0.5) is 5.69 Å². The molecule has 0 aliphatic rings. The molecule has 122 valence electrons. The first-order valence-corrected chi connectivity index (χ1v) is 8.83. The zero-order valence-corrected chi connectivity index (χ0v) is 14.9. The van der Waals surface area contributed by atoms with Crippen LogP contribution in [-0.4, -0.2) is 28.5 Å². The Bertz CT molecular complexity index is 820. The molecule has 2 N–H and O–H groups in total. The maximum Gasteiger partial charge on any atom is 0.262 e. The monoisotopic (exact) mass is 398 g/mol. The molecule has 0 saturated heterocycles. The van der Waals surface area contributed by atoms with E-state index in [2.05, 4.69) is 26.0 Å². The van der Waals surface area contributed by atoms with Crippen molar-refractivity contribution in [3.63, 3.8) is 0 Å². The van der Waals surface area contributed by atoms with E-state index in [4.69, 9.17) is 4.74 Å². The van der Waals surface area contributed by atoms with Crippen LogP contribution in [0.5, 0.6) is 5.75 Å². The van der Waals surface area contributed by atoms with Crippen LogP contribution in [0.15, 0.2) is 51.8 Å². The Morgan fingerprint density at radius 2 is 1.78 bits per heavy atom. The highest BCUT2D eigenvalue weighted by Gasteiger charge is 2.18. The van der Waals surface area contributed by atoms with Gasteiger partial charge in [0.1, 0.15) is 5.75 Å². The van der Waals surface area contributed by atoms with E-state index in [9.17, 15) is 13.2 Å². The molecule has 8 heteroatoms. The number of carbonyl (C=O) groups excluding carboxylic acids is 1. The molecule has 0 saturated carbocycles. The Kier molecular flexibility index (Phi) is 5.27. The minimum atomic E-state index is -3.79. The van der Waals surface area contributed by atoms with Gasteiger partial charge in [0.05, 0.1) is 17.7 Å². The molecular formula is C15H15BrN2O4S. The number of nitrogens with one attached hydrogen (secondary N) is 2. The number of rotatable bonds is 5. The molecule has 0 fully saturated rings. The summed E-state index contributed by atoms with van der Waals surface area (Å²) < 4.78 is 33.3. The van der Waals surface area contributed by atoms with Gasteiger partial charge in [0.15, 0.2) is 0 Å². The summed E-state index contributed by atoms with van der Waals surface area (Å²) in [4.78, 5) is 11.8. The minimum Gasteiger partial charge on any atom is -0.495 e. The Labute approximate surface area is 143 Å². The number of ether oxygens (including phenoxy) is 1. The van der Waals surface area contributed by atoms with Crippen molar-refractivity contribution in [3.8, 4) is 5.75 Å². The van der Waals surface area contributed by atoms with Crippen LogP contribution in [-0.2, 0) is 10.0 Å². The maximum absolute atomic E-state index is 12.4. The molecule has 0 unspecified atom stereocenters. The second kappa shape index (κ2) is 7.01. The number of hydrogen-bond acceptors (Lipinski definition) is 4. The number of sulfonamides is 1. The highest BCUT2D eigenvalue weighted by atomic mass is 79.9. The van der Waals surface area contributed by atoms with Gasteiger partial charge in [-0.3, -0.25) is 9.52 Å². The van der Waals surface area contributed by atoms with Crippen LogP contribution in [0.1, 0.15) is 10.4 Å². The van der Waals surface area contributed by atoms with E-state index in [1.807, 2.05) is 0 Å². The molecule has 0 heterocycles. The number of methoxy groups -OCH3 is 1. The third-order valence-corrected chi connectivity index (χ3v) is 4.97. The Hall–Kier alpha value is -2.06. The van der Waals surface area contributed by atoms with E-state index in [0.717, 1.165) is 4.47 Å². The SMILES string of the molecule is CNC(=O)c1ccc(OC)c(NS(=O)(=O)c2ccc(Br)cc2)c1. The van der Waals surface area contributed by atoms with E-state index in [1.54, 1.807) is 18.2 Å². The lowest BCUT2D eigenvalue weighted by atomic mass is 10.2. The van der Waals surface area contributed by atoms with Crippen molar-refractivity contribution < 1.29 is 17.9 Å². The summed E-state index contributed by atoms with van der Waals surface area (Å²) in [6.45, 7) is 0. The molecule has 0 atom stereocenters. The molecule has 0 radical (unpaired) electrons. The first-order valence-electron chi connectivity index (χ1n) is 6.56. The Morgan fingerprint density at radius 3 is 2.35 bits per heavy atom. The smallest absolute Gasteiger partial charge is 0.262 e. The average molecular weight is 399 g/mol. The summed E-state index contributed by atoms with van der Waals surface area (Å²) in [5, 5.41) is 2.48. The molecular weight excluding hydrogens is 384 g/mol. The fourth-order valence-electron chi connectivity index (χ4n) is 1.89. The molecule has 2 aromatic carbocycles. The fourth-order valence-corrected chi connectivity index (χ4v) is 3.22. The van der Waals surface area contributed by atoms with Crippen LogP contribution >= 0.6 is 15.9 Å². The van der Waals surface area contributed by atoms with E-state index in [-0.39, 0.29) is 16.5 Å². The van der Waals surface area contributed by atoms with Gasteiger partial charge < -0.3 is 10.1 Å². The molecule has 0 aliphatic carbocycles. The van der Waals surface area contributed by atoms with Gasteiger partial charge in [0, 0.05) is 17.1 Å². The Balaban J connectivity index is 2.41. The van der Waals surface area contributed by atoms with Crippen molar-refractivity contribution in [1.29, 1.82) is 0 Å². The van der Waals surface area contributed by atoms with Crippen molar-refractivity contribution in [3.05, 3.63) is 52.5 Å². The Morgan fingerprint density at radius 1 is 1.13 bits per heavy atom. The molecule has 1 amide bonds. The highest BCUT2D eigenvalue weighted by Crippen LogP contribution is 2.28.